The van der Waals surface area contributed by atoms with E-state index in [1.807, 2.05) is 0 Å². The molecule has 7 heteroatoms. The van der Waals surface area contributed by atoms with E-state index < -0.39 is 18.2 Å². The van der Waals surface area contributed by atoms with Crippen LogP contribution in [0, 0.1) is 5.92 Å². The molecule has 1 aliphatic heterocycles. The van der Waals surface area contributed by atoms with Crippen molar-refractivity contribution in [2.75, 3.05) is 14.2 Å². The fourth-order valence-electron chi connectivity index (χ4n) is 2.76. The fourth-order valence-corrected chi connectivity index (χ4v) is 2.76. The van der Waals surface area contributed by atoms with Crippen LogP contribution in [0.15, 0.2) is 47.5 Å². The Kier molecular flexibility index (Phi) is 4.80. The average molecular weight is 365 g/mol. The van der Waals surface area contributed by atoms with Crippen molar-refractivity contribution in [3.05, 3.63) is 53.6 Å². The fraction of sp³-hybridized carbons (Fsp3) is 0.316. The molecule has 138 valence electrons. The Balaban J connectivity index is 2.09. The van der Waals surface area contributed by atoms with Crippen molar-refractivity contribution in [2.24, 2.45) is 10.9 Å². The lowest BCUT2D eigenvalue weighted by Crippen LogP contribution is -2.31. The zero-order chi connectivity index (χ0) is 18.9. The van der Waals surface area contributed by atoms with Gasteiger partial charge in [0.25, 0.3) is 0 Å². The number of aliphatic imine (C=N–C) groups is 1. The van der Waals surface area contributed by atoms with Crippen molar-refractivity contribution in [1.82, 2.24) is 0 Å². The smallest absolute Gasteiger partial charge is 0.395 e. The van der Waals surface area contributed by atoms with Crippen molar-refractivity contribution < 1.29 is 27.4 Å². The standard InChI is InChI=1S/C19H18F3NO3/c1-11(19(20,21)22)17-15-6-4-5-7-16(15)23-18(26-17)12-8-13(24-2)10-14(9-12)25-3/h4-11,17H,1-3H3. The maximum atomic E-state index is 13.3. The van der Waals surface area contributed by atoms with E-state index in [4.69, 9.17) is 14.2 Å². The molecule has 4 nitrogen and oxygen atoms in total. The summed E-state index contributed by atoms with van der Waals surface area (Å²) in [7, 11) is 2.98. The average Bonchev–Trinajstić information content (AvgIpc) is 2.65. The van der Waals surface area contributed by atoms with Crippen molar-refractivity contribution in [3.63, 3.8) is 0 Å². The van der Waals surface area contributed by atoms with Crippen LogP contribution < -0.4 is 9.47 Å². The molecule has 0 saturated heterocycles. The first-order valence-corrected chi connectivity index (χ1v) is 7.98. The summed E-state index contributed by atoms with van der Waals surface area (Å²) in [5.74, 6) is -0.612. The second kappa shape index (κ2) is 6.90. The lowest BCUT2D eigenvalue weighted by atomic mass is 9.94. The first-order valence-electron chi connectivity index (χ1n) is 7.98. The van der Waals surface area contributed by atoms with Gasteiger partial charge in [0.2, 0.25) is 5.90 Å². The van der Waals surface area contributed by atoms with E-state index in [1.165, 1.54) is 14.2 Å². The molecule has 0 spiro atoms. The summed E-state index contributed by atoms with van der Waals surface area (Å²) >= 11 is 0. The number of benzene rings is 2. The summed E-state index contributed by atoms with van der Waals surface area (Å²) in [6.07, 6.45) is -5.58. The van der Waals surface area contributed by atoms with Gasteiger partial charge < -0.3 is 14.2 Å². The number of hydrogen-bond acceptors (Lipinski definition) is 4. The number of halogens is 3. The SMILES string of the molecule is COc1cc(OC)cc(C2=Nc3ccccc3C(C(C)C(F)(F)F)O2)c1. The van der Waals surface area contributed by atoms with Gasteiger partial charge in [0.15, 0.2) is 0 Å². The molecule has 2 unspecified atom stereocenters. The Morgan fingerprint density at radius 1 is 1.04 bits per heavy atom. The highest BCUT2D eigenvalue weighted by Crippen LogP contribution is 2.44. The third-order valence-corrected chi connectivity index (χ3v) is 4.27. The van der Waals surface area contributed by atoms with Crippen LogP contribution in [0.1, 0.15) is 24.2 Å². The van der Waals surface area contributed by atoms with Crippen molar-refractivity contribution in [1.29, 1.82) is 0 Å². The highest BCUT2D eigenvalue weighted by molar-refractivity contribution is 5.98. The van der Waals surface area contributed by atoms with Crippen molar-refractivity contribution in [3.8, 4) is 11.5 Å². The van der Waals surface area contributed by atoms with Crippen LogP contribution in [-0.4, -0.2) is 26.3 Å². The normalized spacial score (nSPS) is 17.6. The van der Waals surface area contributed by atoms with Crippen LogP contribution in [0.25, 0.3) is 0 Å². The zero-order valence-electron chi connectivity index (χ0n) is 14.5. The molecule has 0 radical (unpaired) electrons. The quantitative estimate of drug-likeness (QED) is 0.761. The van der Waals surface area contributed by atoms with E-state index in [9.17, 15) is 13.2 Å². The van der Waals surface area contributed by atoms with E-state index in [0.717, 1.165) is 6.92 Å². The molecule has 0 fully saturated rings. The molecule has 0 amide bonds. The zero-order valence-corrected chi connectivity index (χ0v) is 14.5. The van der Waals surface area contributed by atoms with Gasteiger partial charge in [-0.05, 0) is 25.1 Å². The van der Waals surface area contributed by atoms with Gasteiger partial charge in [-0.25, -0.2) is 4.99 Å². The highest BCUT2D eigenvalue weighted by atomic mass is 19.4. The minimum absolute atomic E-state index is 0.0991. The Hall–Kier alpha value is -2.70. The van der Waals surface area contributed by atoms with Gasteiger partial charge in [-0.2, -0.15) is 13.2 Å². The van der Waals surface area contributed by atoms with Crippen molar-refractivity contribution >= 4 is 11.6 Å². The maximum Gasteiger partial charge on any atom is 0.395 e. The Bertz CT molecular complexity index is 811. The van der Waals surface area contributed by atoms with Gasteiger partial charge in [-0.3, -0.25) is 0 Å². The molecule has 0 aliphatic carbocycles. The van der Waals surface area contributed by atoms with Crippen LogP contribution in [0.3, 0.4) is 0 Å². The summed E-state index contributed by atoms with van der Waals surface area (Å²) in [5, 5.41) is 0. The van der Waals surface area contributed by atoms with E-state index in [0.29, 0.717) is 28.3 Å². The summed E-state index contributed by atoms with van der Waals surface area (Å²) in [5.41, 5.74) is 1.35. The highest BCUT2D eigenvalue weighted by Gasteiger charge is 2.45. The number of fused-ring (bicyclic) bond motifs is 1. The monoisotopic (exact) mass is 365 g/mol. The van der Waals surface area contributed by atoms with Gasteiger partial charge in [-0.1, -0.05) is 18.2 Å². The minimum atomic E-state index is -4.40. The van der Waals surface area contributed by atoms with Gasteiger partial charge in [-0.15, -0.1) is 0 Å². The first-order chi connectivity index (χ1) is 12.3. The van der Waals surface area contributed by atoms with Gasteiger partial charge >= 0.3 is 6.18 Å². The maximum absolute atomic E-state index is 13.3. The number of alkyl halides is 3. The predicted molar refractivity (Wildman–Crippen MR) is 91.2 cm³/mol. The number of nitrogens with zero attached hydrogens (tertiary/aromatic N) is 1. The molecule has 2 aromatic carbocycles. The van der Waals surface area contributed by atoms with E-state index in [2.05, 4.69) is 4.99 Å². The van der Waals surface area contributed by atoms with Gasteiger partial charge in [0.1, 0.15) is 17.6 Å². The number of rotatable bonds is 4. The number of para-hydroxylation sites is 1. The molecule has 26 heavy (non-hydrogen) atoms. The summed E-state index contributed by atoms with van der Waals surface area (Å²) in [4.78, 5) is 4.40. The molecule has 0 saturated carbocycles. The van der Waals surface area contributed by atoms with E-state index in [-0.39, 0.29) is 5.90 Å². The Morgan fingerprint density at radius 2 is 1.65 bits per heavy atom. The van der Waals surface area contributed by atoms with Crippen molar-refractivity contribution in [2.45, 2.75) is 19.2 Å². The first kappa shape index (κ1) is 18.1. The molecule has 0 N–H and O–H groups in total. The Labute approximate surface area is 149 Å². The minimum Gasteiger partial charge on any atom is -0.497 e. The molecule has 0 bridgehead atoms. The molecule has 3 rings (SSSR count). The summed E-state index contributed by atoms with van der Waals surface area (Å²) < 4.78 is 56.1. The second-order valence-electron chi connectivity index (χ2n) is 5.95. The van der Waals surface area contributed by atoms with Crippen LogP contribution in [0.4, 0.5) is 18.9 Å². The molecule has 2 atom stereocenters. The van der Waals surface area contributed by atoms with Gasteiger partial charge in [0, 0.05) is 17.2 Å². The summed E-state index contributed by atoms with van der Waals surface area (Å²) in [6, 6.07) is 11.6. The van der Waals surface area contributed by atoms with Crippen LogP contribution in [-0.2, 0) is 4.74 Å². The largest absolute Gasteiger partial charge is 0.497 e. The van der Waals surface area contributed by atoms with E-state index >= 15 is 0 Å². The molecule has 0 aromatic heterocycles. The predicted octanol–water partition coefficient (Wildman–Crippen LogP) is 5.05. The lowest BCUT2D eigenvalue weighted by molar-refractivity contribution is -0.193. The van der Waals surface area contributed by atoms with Crippen LogP contribution in [0.2, 0.25) is 0 Å². The number of hydrogen-bond donors (Lipinski definition) is 0. The topological polar surface area (TPSA) is 40.0 Å². The van der Waals surface area contributed by atoms with Crippen LogP contribution in [0.5, 0.6) is 11.5 Å². The number of ether oxygens (including phenoxy) is 3. The lowest BCUT2D eigenvalue weighted by Gasteiger charge is -2.31. The molecule has 1 aliphatic rings. The number of methoxy groups -OCH3 is 2. The molecule has 2 aromatic rings. The van der Waals surface area contributed by atoms with Crippen LogP contribution >= 0.6 is 0 Å². The second-order valence-corrected chi connectivity index (χ2v) is 5.95. The summed E-state index contributed by atoms with van der Waals surface area (Å²) in [6.45, 7) is 1.11. The molecular formula is C19H18F3NO3. The third-order valence-electron chi connectivity index (χ3n) is 4.27. The Morgan fingerprint density at radius 3 is 2.23 bits per heavy atom. The van der Waals surface area contributed by atoms with Gasteiger partial charge in [0.05, 0.1) is 25.8 Å². The molecular weight excluding hydrogens is 347 g/mol. The third kappa shape index (κ3) is 3.47. The molecule has 1 heterocycles. The van der Waals surface area contributed by atoms with E-state index in [1.54, 1.807) is 42.5 Å².